The van der Waals surface area contributed by atoms with E-state index in [-0.39, 0.29) is 33.5 Å². The zero-order chi connectivity index (χ0) is 32.3. The number of carbonyl (C=O) groups excluding carboxylic acids is 3. The lowest BCUT2D eigenvalue weighted by molar-refractivity contribution is -0.137. The van der Waals surface area contributed by atoms with Crippen LogP contribution in [0.15, 0.2) is 115 Å². The quantitative estimate of drug-likeness (QED) is 0.167. The molecule has 0 aliphatic rings. The number of ketones is 3. The second-order valence-electron chi connectivity index (χ2n) is 10.1. The summed E-state index contributed by atoms with van der Waals surface area (Å²) in [7, 11) is 1.82. The van der Waals surface area contributed by atoms with E-state index in [1.807, 2.05) is 24.1 Å². The number of Topliss-reactive ketones (excluding diaryl/α,β-unsaturated/α-hetero) is 1. The lowest BCUT2D eigenvalue weighted by Crippen LogP contribution is -2.18. The van der Waals surface area contributed by atoms with Crippen molar-refractivity contribution in [1.29, 1.82) is 0 Å². The fourth-order valence-corrected chi connectivity index (χ4v) is 4.81. The van der Waals surface area contributed by atoms with Gasteiger partial charge in [0.25, 0.3) is 0 Å². The van der Waals surface area contributed by atoms with Gasteiger partial charge in [0.1, 0.15) is 11.8 Å². The number of aliphatic hydroxyl groups excluding tert-OH is 1. The van der Waals surface area contributed by atoms with E-state index in [4.69, 9.17) is 11.6 Å². The molecule has 0 saturated heterocycles. The molecule has 0 aliphatic heterocycles. The molecule has 0 saturated carbocycles. The van der Waals surface area contributed by atoms with Crippen molar-refractivity contribution in [2.24, 2.45) is 0 Å². The highest BCUT2D eigenvalue weighted by Crippen LogP contribution is 2.31. The Morgan fingerprint density at radius 3 is 1.98 bits per heavy atom. The van der Waals surface area contributed by atoms with Crippen molar-refractivity contribution in [2.45, 2.75) is 12.3 Å². The summed E-state index contributed by atoms with van der Waals surface area (Å²) < 4.78 is 39.2. The molecule has 5 rings (SSSR count). The maximum atomic E-state index is 13.5. The van der Waals surface area contributed by atoms with Gasteiger partial charge in [-0.25, -0.2) is 0 Å². The van der Waals surface area contributed by atoms with Crippen LogP contribution in [0.25, 0.3) is 0 Å². The number of hydrogen-bond acceptors (Lipinski definition) is 6. The Labute approximate surface area is 261 Å². The molecular weight excluding hydrogens is 605 g/mol. The lowest BCUT2D eigenvalue weighted by Gasteiger charge is -2.19. The number of rotatable bonds is 9. The van der Waals surface area contributed by atoms with Crippen LogP contribution in [-0.4, -0.2) is 34.5 Å². The molecule has 0 fully saturated rings. The minimum Gasteiger partial charge on any atom is -0.380 e. The van der Waals surface area contributed by atoms with Crippen molar-refractivity contribution in [2.75, 3.05) is 11.9 Å². The summed E-state index contributed by atoms with van der Waals surface area (Å²) in [4.78, 5) is 46.3. The Bertz CT molecular complexity index is 1860. The lowest BCUT2D eigenvalue weighted by atomic mass is 9.89. The molecule has 1 heterocycles. The van der Waals surface area contributed by atoms with Gasteiger partial charge in [-0.15, -0.1) is 0 Å². The van der Waals surface area contributed by atoms with Crippen molar-refractivity contribution in [3.63, 3.8) is 0 Å². The average Bonchev–Trinajstić information content (AvgIpc) is 3.07. The summed E-state index contributed by atoms with van der Waals surface area (Å²) in [6.45, 7) is 0. The number of anilines is 2. The maximum absolute atomic E-state index is 13.5. The molecule has 0 amide bonds. The van der Waals surface area contributed by atoms with Crippen LogP contribution in [0.4, 0.5) is 24.5 Å². The summed E-state index contributed by atoms with van der Waals surface area (Å²) in [5, 5.41) is 11.8. The molecule has 4 aromatic carbocycles. The monoisotopic (exact) mass is 628 g/mol. The second-order valence-corrected chi connectivity index (χ2v) is 10.5. The third-order valence-electron chi connectivity index (χ3n) is 7.22. The predicted molar refractivity (Wildman–Crippen MR) is 164 cm³/mol. The molecule has 5 aromatic rings. The van der Waals surface area contributed by atoms with Crippen LogP contribution in [0.2, 0.25) is 5.02 Å². The van der Waals surface area contributed by atoms with Crippen LogP contribution in [0.3, 0.4) is 0 Å². The van der Waals surface area contributed by atoms with Crippen LogP contribution in [0.5, 0.6) is 0 Å². The number of pyridine rings is 1. The first kappa shape index (κ1) is 31.3. The zero-order valence-corrected chi connectivity index (χ0v) is 24.4. The van der Waals surface area contributed by atoms with Gasteiger partial charge < -0.3 is 10.0 Å². The Balaban J connectivity index is 1.49. The fraction of sp³-hybridized carbons (Fsp3) is 0.0857. The maximum Gasteiger partial charge on any atom is 0.416 e. The van der Waals surface area contributed by atoms with Gasteiger partial charge in [-0.3, -0.25) is 19.4 Å². The van der Waals surface area contributed by atoms with Crippen LogP contribution in [0, 0.1) is 0 Å². The van der Waals surface area contributed by atoms with Crippen molar-refractivity contribution in [1.82, 2.24) is 4.98 Å². The molecular formula is C35H24ClF3N2O4. The highest BCUT2D eigenvalue weighted by molar-refractivity contribution is 6.30. The van der Waals surface area contributed by atoms with Crippen LogP contribution >= 0.6 is 11.6 Å². The number of benzene rings is 4. The Morgan fingerprint density at radius 1 is 0.756 bits per heavy atom. The molecule has 6 nitrogen and oxygen atoms in total. The third kappa shape index (κ3) is 6.85. The van der Waals surface area contributed by atoms with Gasteiger partial charge in [-0.2, -0.15) is 13.2 Å². The molecule has 1 atom stereocenters. The molecule has 1 N–H and O–H groups in total. The van der Waals surface area contributed by atoms with E-state index < -0.39 is 35.2 Å². The molecule has 0 radical (unpaired) electrons. The zero-order valence-electron chi connectivity index (χ0n) is 23.6. The second kappa shape index (κ2) is 12.9. The fourth-order valence-electron chi connectivity index (χ4n) is 4.69. The van der Waals surface area contributed by atoms with Crippen LogP contribution in [0.1, 0.15) is 59.6 Å². The van der Waals surface area contributed by atoms with Gasteiger partial charge >= 0.3 is 6.18 Å². The molecule has 0 aliphatic carbocycles. The number of aliphatic hydroxyl groups is 1. The average molecular weight is 629 g/mol. The van der Waals surface area contributed by atoms with E-state index in [9.17, 15) is 32.7 Å². The molecule has 0 bridgehead atoms. The molecule has 45 heavy (non-hydrogen) atoms. The van der Waals surface area contributed by atoms with Crippen molar-refractivity contribution < 1.29 is 32.7 Å². The van der Waals surface area contributed by atoms with E-state index in [1.165, 1.54) is 42.6 Å². The Hall–Kier alpha value is -5.12. The Kier molecular flexibility index (Phi) is 8.94. The number of halogens is 4. The number of aromatic nitrogens is 1. The summed E-state index contributed by atoms with van der Waals surface area (Å²) in [6.07, 6.45) is -4.93. The summed E-state index contributed by atoms with van der Waals surface area (Å²) in [6, 6.07) is 25.7. The third-order valence-corrected chi connectivity index (χ3v) is 7.47. The molecule has 10 heteroatoms. The molecule has 226 valence electrons. The minimum atomic E-state index is -4.59. The summed E-state index contributed by atoms with van der Waals surface area (Å²) in [5.74, 6) is -2.00. The van der Waals surface area contributed by atoms with Gasteiger partial charge in [0.15, 0.2) is 11.6 Å². The van der Waals surface area contributed by atoms with Crippen LogP contribution in [-0.2, 0) is 6.18 Å². The molecule has 1 aromatic heterocycles. The highest BCUT2D eigenvalue weighted by Gasteiger charge is 2.31. The predicted octanol–water partition coefficient (Wildman–Crippen LogP) is 7.90. The SMILES string of the molecule is CN(c1ccc(Cl)cc1)c1ccc(C(=O)c2ccc(C(=O)c3ccc(C(F)(F)F)cc3)c(C(O)C(=O)c3ccccc3)c2)nc1. The summed E-state index contributed by atoms with van der Waals surface area (Å²) in [5.41, 5.74) is 0.472. The van der Waals surface area contributed by atoms with E-state index in [0.717, 1.165) is 30.0 Å². The van der Waals surface area contributed by atoms with Gasteiger partial charge in [-0.1, -0.05) is 60.1 Å². The van der Waals surface area contributed by atoms with Crippen molar-refractivity contribution in [3.8, 4) is 0 Å². The largest absolute Gasteiger partial charge is 0.416 e. The van der Waals surface area contributed by atoms with E-state index in [0.29, 0.717) is 10.7 Å². The topological polar surface area (TPSA) is 87.6 Å². The normalized spacial score (nSPS) is 12.0. The van der Waals surface area contributed by atoms with E-state index in [1.54, 1.807) is 36.4 Å². The van der Waals surface area contributed by atoms with Gasteiger partial charge in [0, 0.05) is 45.6 Å². The number of alkyl halides is 3. The number of hydrogen-bond donors (Lipinski definition) is 1. The molecule has 1 unspecified atom stereocenters. The van der Waals surface area contributed by atoms with Crippen molar-refractivity contribution >= 4 is 40.3 Å². The number of nitrogens with zero attached hydrogens (tertiary/aromatic N) is 2. The highest BCUT2D eigenvalue weighted by atomic mass is 35.5. The number of carbonyl (C=O) groups is 3. The first-order valence-electron chi connectivity index (χ1n) is 13.6. The van der Waals surface area contributed by atoms with Gasteiger partial charge in [-0.05, 0) is 60.7 Å². The summed E-state index contributed by atoms with van der Waals surface area (Å²) >= 11 is 5.98. The van der Waals surface area contributed by atoms with Gasteiger partial charge in [0.2, 0.25) is 5.78 Å². The standard InChI is InChI=1S/C35H24ClF3N2O4/c1-41(26-14-12-25(36)13-15-26)27-16-18-30(40-20-27)32(43)23-9-17-28(31(42)22-7-10-24(11-8-22)35(37,38)39)29(19-23)34(45)33(44)21-5-3-2-4-6-21/h2-20,34,45H,1H3. The van der Waals surface area contributed by atoms with E-state index >= 15 is 0 Å². The first-order chi connectivity index (χ1) is 21.4. The van der Waals surface area contributed by atoms with Gasteiger partial charge in [0.05, 0.1) is 17.4 Å². The van der Waals surface area contributed by atoms with Crippen molar-refractivity contribution in [3.05, 3.63) is 159 Å². The minimum absolute atomic E-state index is 0.0418. The van der Waals surface area contributed by atoms with E-state index in [2.05, 4.69) is 4.98 Å². The van der Waals surface area contributed by atoms with Crippen LogP contribution < -0.4 is 4.90 Å². The first-order valence-corrected chi connectivity index (χ1v) is 13.9. The smallest absolute Gasteiger partial charge is 0.380 e. The Morgan fingerprint density at radius 2 is 1.38 bits per heavy atom. The molecule has 0 spiro atoms.